The van der Waals surface area contributed by atoms with Gasteiger partial charge in [-0.3, -0.25) is 4.79 Å². The van der Waals surface area contributed by atoms with E-state index in [9.17, 15) is 4.79 Å². The van der Waals surface area contributed by atoms with Crippen LogP contribution in [0, 0.1) is 11.8 Å². The first-order valence-electron chi connectivity index (χ1n) is 17.5. The number of hydrogen-bond donors (Lipinski definition) is 1. The maximum absolute atomic E-state index is 11.0. The molecule has 0 aromatic heterocycles. The average molecular weight is 679 g/mol. The lowest BCUT2D eigenvalue weighted by Crippen LogP contribution is -2.35. The van der Waals surface area contributed by atoms with Crippen LogP contribution in [-0.2, 0) is 45.9 Å². The zero-order chi connectivity index (χ0) is 32.8. The van der Waals surface area contributed by atoms with Crippen LogP contribution in [0.3, 0.4) is 0 Å². The molecular formula is C36H58O8SSi. The molecule has 2 heterocycles. The van der Waals surface area contributed by atoms with Crippen molar-refractivity contribution in [3.05, 3.63) is 47.5 Å². The summed E-state index contributed by atoms with van der Waals surface area (Å²) in [5, 5.41) is 9.04. The van der Waals surface area contributed by atoms with Gasteiger partial charge in [-0.15, -0.1) is 0 Å². The van der Waals surface area contributed by atoms with Crippen molar-refractivity contribution in [3.8, 4) is 0 Å². The molecule has 0 radical (unpaired) electrons. The Hall–Kier alpha value is -1.24. The third-order valence-corrected chi connectivity index (χ3v) is 11.0. The van der Waals surface area contributed by atoms with Crippen LogP contribution >= 0.6 is 11.8 Å². The molecule has 3 aliphatic rings. The predicted octanol–water partition coefficient (Wildman–Crippen LogP) is 7.60. The molecule has 1 N–H and O–H groups in total. The number of methoxy groups -OCH3 is 1. The SMILES string of the molecule is COCc1cccc(C[C@@H](/C=C/[C@@H]2[C@@H](CCSCCCC(=O)O)[C@@H](O[Si](C)(C)C)C[C@@H]2OC2CCCCO2)OC2CCCCO2)c1. The van der Waals surface area contributed by atoms with Gasteiger partial charge >= 0.3 is 5.97 Å². The van der Waals surface area contributed by atoms with Crippen molar-refractivity contribution in [3.63, 3.8) is 0 Å². The van der Waals surface area contributed by atoms with Gasteiger partial charge < -0.3 is 33.2 Å². The number of benzene rings is 1. The normalized spacial score (nSPS) is 28.1. The standard InChI is InChI=1S/C36H58O8SSi/c1-39-26-28-12-9-11-27(23-28)24-29(42-35-14-5-7-19-40-35)16-17-30-31(18-22-45-21-10-13-34(37)38)33(44-46(2,3)4)25-32(30)43-36-15-6-8-20-41-36/h9,11-12,16-17,23,29-33,35-36H,5-8,10,13-15,18-22,24-26H2,1-4H3,(H,37,38)/b17-16+/t29-,30-,31-,32+,33+,35?,36?/m1/s1. The Labute approximate surface area is 282 Å². The summed E-state index contributed by atoms with van der Waals surface area (Å²) in [7, 11) is -0.0938. The zero-order valence-corrected chi connectivity index (χ0v) is 30.3. The summed E-state index contributed by atoms with van der Waals surface area (Å²) < 4.78 is 37.7. The van der Waals surface area contributed by atoms with E-state index in [0.29, 0.717) is 18.9 Å². The van der Waals surface area contributed by atoms with E-state index in [1.165, 1.54) is 5.56 Å². The molecule has 2 unspecified atom stereocenters. The number of carboxylic acid groups (broad SMARTS) is 1. The molecule has 3 fully saturated rings. The lowest BCUT2D eigenvalue weighted by Gasteiger charge is -2.31. The highest BCUT2D eigenvalue weighted by molar-refractivity contribution is 7.99. The first-order chi connectivity index (χ1) is 22.2. The van der Waals surface area contributed by atoms with Crippen molar-refractivity contribution in [2.75, 3.05) is 31.8 Å². The molecule has 4 rings (SSSR count). The predicted molar refractivity (Wildman–Crippen MR) is 186 cm³/mol. The lowest BCUT2D eigenvalue weighted by molar-refractivity contribution is -0.193. The van der Waals surface area contributed by atoms with Crippen LogP contribution in [0.1, 0.15) is 75.3 Å². The van der Waals surface area contributed by atoms with Gasteiger partial charge in [0.25, 0.3) is 0 Å². The molecule has 46 heavy (non-hydrogen) atoms. The highest BCUT2D eigenvalue weighted by Gasteiger charge is 2.45. The summed E-state index contributed by atoms with van der Waals surface area (Å²) in [5.74, 6) is 1.55. The van der Waals surface area contributed by atoms with Crippen LogP contribution in [0.2, 0.25) is 19.6 Å². The van der Waals surface area contributed by atoms with Crippen molar-refractivity contribution in [2.45, 2.75) is 128 Å². The molecule has 8 nitrogen and oxygen atoms in total. The number of ether oxygens (including phenoxy) is 5. The van der Waals surface area contributed by atoms with Gasteiger partial charge in [-0.25, -0.2) is 0 Å². The van der Waals surface area contributed by atoms with Gasteiger partial charge in [-0.05, 0) is 106 Å². The molecule has 1 aliphatic carbocycles. The molecule has 1 aromatic carbocycles. The molecule has 10 heteroatoms. The van der Waals surface area contributed by atoms with Crippen molar-refractivity contribution in [1.82, 2.24) is 0 Å². The Kier molecular flexibility index (Phi) is 16.1. The van der Waals surface area contributed by atoms with E-state index in [1.807, 2.05) is 11.8 Å². The second kappa shape index (κ2) is 19.7. The van der Waals surface area contributed by atoms with Gasteiger partial charge in [-0.1, -0.05) is 36.4 Å². The van der Waals surface area contributed by atoms with Gasteiger partial charge in [0, 0.05) is 39.1 Å². The summed E-state index contributed by atoms with van der Waals surface area (Å²) in [5.41, 5.74) is 2.37. The number of carboxylic acids is 1. The van der Waals surface area contributed by atoms with Gasteiger partial charge in [0.2, 0.25) is 0 Å². The van der Waals surface area contributed by atoms with E-state index in [2.05, 4.69) is 56.1 Å². The summed E-state index contributed by atoms with van der Waals surface area (Å²) in [6.45, 7) is 8.87. The summed E-state index contributed by atoms with van der Waals surface area (Å²) >= 11 is 1.85. The molecule has 0 bridgehead atoms. The van der Waals surface area contributed by atoms with Gasteiger partial charge in [0.1, 0.15) is 0 Å². The molecule has 0 spiro atoms. The summed E-state index contributed by atoms with van der Waals surface area (Å²) in [6.07, 6.45) is 14.0. The molecular weight excluding hydrogens is 621 g/mol. The fraction of sp³-hybridized carbons (Fsp3) is 0.750. The minimum atomic E-state index is -1.82. The van der Waals surface area contributed by atoms with E-state index < -0.39 is 14.3 Å². The quantitative estimate of drug-likeness (QED) is 0.0902. The molecule has 7 atom stereocenters. The van der Waals surface area contributed by atoms with E-state index in [-0.39, 0.29) is 43.2 Å². The van der Waals surface area contributed by atoms with Crippen LogP contribution in [0.5, 0.6) is 0 Å². The van der Waals surface area contributed by atoms with Crippen LogP contribution in [-0.4, -0.2) is 82.1 Å². The number of carbonyl (C=O) groups is 1. The molecule has 2 aliphatic heterocycles. The first-order valence-corrected chi connectivity index (χ1v) is 22.0. The van der Waals surface area contributed by atoms with Crippen LogP contribution in [0.15, 0.2) is 36.4 Å². The molecule has 1 saturated carbocycles. The van der Waals surface area contributed by atoms with Crippen LogP contribution in [0.25, 0.3) is 0 Å². The van der Waals surface area contributed by atoms with Crippen LogP contribution < -0.4 is 0 Å². The molecule has 260 valence electrons. The second-order valence-electron chi connectivity index (χ2n) is 13.9. The van der Waals surface area contributed by atoms with E-state index >= 15 is 0 Å². The Balaban J connectivity index is 1.55. The molecule has 1 aromatic rings. The maximum Gasteiger partial charge on any atom is 0.303 e. The Morgan fingerprint density at radius 3 is 2.46 bits per heavy atom. The topological polar surface area (TPSA) is 92.7 Å². The fourth-order valence-corrected chi connectivity index (χ4v) is 8.97. The monoisotopic (exact) mass is 678 g/mol. The van der Waals surface area contributed by atoms with E-state index in [0.717, 1.165) is 88.1 Å². The van der Waals surface area contributed by atoms with Gasteiger partial charge in [-0.2, -0.15) is 11.8 Å². The highest BCUT2D eigenvalue weighted by Crippen LogP contribution is 2.42. The van der Waals surface area contributed by atoms with Crippen molar-refractivity contribution >= 4 is 26.0 Å². The average Bonchev–Trinajstić information content (AvgIpc) is 3.32. The number of hydrogen-bond acceptors (Lipinski definition) is 8. The second-order valence-corrected chi connectivity index (χ2v) is 19.6. The van der Waals surface area contributed by atoms with E-state index in [4.69, 9.17) is 33.2 Å². The smallest absolute Gasteiger partial charge is 0.303 e. The highest BCUT2D eigenvalue weighted by atomic mass is 32.2. The largest absolute Gasteiger partial charge is 0.481 e. The third-order valence-electron chi connectivity index (χ3n) is 8.86. The van der Waals surface area contributed by atoms with Gasteiger partial charge in [0.05, 0.1) is 24.9 Å². The fourth-order valence-electron chi connectivity index (χ4n) is 6.80. The maximum atomic E-state index is 11.0. The summed E-state index contributed by atoms with van der Waals surface area (Å²) in [6, 6.07) is 8.56. The van der Waals surface area contributed by atoms with Crippen molar-refractivity contribution in [2.24, 2.45) is 11.8 Å². The Bertz CT molecular complexity index is 1050. The Morgan fingerprint density at radius 1 is 1.04 bits per heavy atom. The third kappa shape index (κ3) is 13.3. The van der Waals surface area contributed by atoms with Crippen molar-refractivity contribution < 1.29 is 38.0 Å². The Morgan fingerprint density at radius 2 is 1.78 bits per heavy atom. The number of thioether (sulfide) groups is 1. The van der Waals surface area contributed by atoms with Crippen molar-refractivity contribution in [1.29, 1.82) is 0 Å². The van der Waals surface area contributed by atoms with E-state index in [1.54, 1.807) is 7.11 Å². The molecule has 2 saturated heterocycles. The number of aliphatic carboxylic acids is 1. The molecule has 0 amide bonds. The lowest BCUT2D eigenvalue weighted by atomic mass is 9.90. The first kappa shape index (κ1) is 37.6. The minimum Gasteiger partial charge on any atom is -0.481 e. The van der Waals surface area contributed by atoms with Gasteiger partial charge in [0.15, 0.2) is 20.9 Å². The zero-order valence-electron chi connectivity index (χ0n) is 28.5. The summed E-state index contributed by atoms with van der Waals surface area (Å²) in [4.78, 5) is 11.0. The number of rotatable bonds is 19. The minimum absolute atomic E-state index is 0.000628. The van der Waals surface area contributed by atoms with Crippen LogP contribution in [0.4, 0.5) is 0 Å².